The van der Waals surface area contributed by atoms with Crippen LogP contribution in [0, 0.1) is 11.6 Å². The highest BCUT2D eigenvalue weighted by atomic mass is 79.9. The minimum atomic E-state index is -3.48. The molecule has 0 saturated carbocycles. The number of nitrogens with zero attached hydrogens (tertiary/aromatic N) is 3. The van der Waals surface area contributed by atoms with E-state index < -0.39 is 21.8 Å². The average molecular weight is 738 g/mol. The zero-order chi connectivity index (χ0) is 33.0. The first-order valence-electron chi connectivity index (χ1n) is 14.4. The van der Waals surface area contributed by atoms with Crippen LogP contribution in [0.3, 0.4) is 0 Å². The topological polar surface area (TPSA) is 103 Å². The first-order valence-corrected chi connectivity index (χ1v) is 17.7. The highest BCUT2D eigenvalue weighted by Gasteiger charge is 2.19. The molecular formula is C34H27BrF2N4O4S2. The van der Waals surface area contributed by atoms with Gasteiger partial charge in [-0.15, -0.1) is 11.3 Å². The molecule has 0 spiro atoms. The van der Waals surface area contributed by atoms with Gasteiger partial charge in [-0.05, 0) is 76.9 Å². The van der Waals surface area contributed by atoms with Gasteiger partial charge in [0, 0.05) is 28.1 Å². The summed E-state index contributed by atoms with van der Waals surface area (Å²) in [6.07, 6.45) is 0.857. The second kappa shape index (κ2) is 14.2. The van der Waals surface area contributed by atoms with E-state index in [4.69, 9.17) is 9.47 Å². The summed E-state index contributed by atoms with van der Waals surface area (Å²) in [7, 11) is -3.48. The van der Waals surface area contributed by atoms with E-state index in [0.717, 1.165) is 0 Å². The van der Waals surface area contributed by atoms with E-state index in [1.165, 1.54) is 35.9 Å². The van der Waals surface area contributed by atoms with Crippen molar-refractivity contribution in [1.29, 1.82) is 0 Å². The predicted octanol–water partition coefficient (Wildman–Crippen LogP) is 8.67. The monoisotopic (exact) mass is 736 g/mol. The number of benzene rings is 4. The molecule has 0 saturated heterocycles. The lowest BCUT2D eigenvalue weighted by Crippen LogP contribution is -2.14. The predicted molar refractivity (Wildman–Crippen MR) is 182 cm³/mol. The quantitative estimate of drug-likeness (QED) is 0.133. The summed E-state index contributed by atoms with van der Waals surface area (Å²) in [6.45, 7) is 1.97. The zero-order valence-electron chi connectivity index (χ0n) is 24.9. The highest BCUT2D eigenvalue weighted by molar-refractivity contribution is 9.10. The van der Waals surface area contributed by atoms with Gasteiger partial charge in [0.25, 0.3) is 0 Å². The van der Waals surface area contributed by atoms with Crippen LogP contribution in [0.5, 0.6) is 5.75 Å². The van der Waals surface area contributed by atoms with E-state index in [0.29, 0.717) is 48.9 Å². The van der Waals surface area contributed by atoms with Crippen molar-refractivity contribution in [2.45, 2.75) is 24.5 Å². The maximum absolute atomic E-state index is 15.3. The third kappa shape index (κ3) is 7.82. The molecule has 4 aromatic carbocycles. The number of rotatable bonds is 12. The van der Waals surface area contributed by atoms with Crippen LogP contribution >= 0.6 is 27.3 Å². The Morgan fingerprint density at radius 3 is 2.60 bits per heavy atom. The fourth-order valence-electron chi connectivity index (χ4n) is 4.74. The van der Waals surface area contributed by atoms with Crippen LogP contribution in [0.1, 0.15) is 23.6 Å². The van der Waals surface area contributed by atoms with E-state index in [-0.39, 0.29) is 35.2 Å². The van der Waals surface area contributed by atoms with Crippen molar-refractivity contribution in [3.8, 4) is 17.0 Å². The summed E-state index contributed by atoms with van der Waals surface area (Å²) in [5.41, 5.74) is 2.48. The van der Waals surface area contributed by atoms with Gasteiger partial charge in [0.05, 0.1) is 32.9 Å². The molecule has 6 aromatic rings. The molecule has 0 aliphatic heterocycles. The molecule has 13 heteroatoms. The molecule has 6 rings (SSSR count). The van der Waals surface area contributed by atoms with Crippen LogP contribution in [-0.4, -0.2) is 35.7 Å². The fraction of sp³-hybridized carbons (Fsp3) is 0.147. The second-order valence-electron chi connectivity index (χ2n) is 10.5. The van der Waals surface area contributed by atoms with Crippen LogP contribution in [0.2, 0.25) is 0 Å². The van der Waals surface area contributed by atoms with E-state index in [9.17, 15) is 12.8 Å². The van der Waals surface area contributed by atoms with Crippen molar-refractivity contribution in [1.82, 2.24) is 15.0 Å². The molecule has 0 fully saturated rings. The molecule has 1 unspecified atom stereocenters. The molecule has 0 radical (unpaired) electrons. The summed E-state index contributed by atoms with van der Waals surface area (Å²) in [5, 5.41) is 6.17. The van der Waals surface area contributed by atoms with Gasteiger partial charge in [-0.1, -0.05) is 30.3 Å². The molecule has 1 atom stereocenters. The van der Waals surface area contributed by atoms with Gasteiger partial charge in [-0.25, -0.2) is 32.2 Å². The van der Waals surface area contributed by atoms with Gasteiger partial charge in [-0.2, -0.15) is 0 Å². The number of anilines is 2. The molecule has 2 aromatic heterocycles. The number of thiazole rings is 1. The number of halogens is 3. The van der Waals surface area contributed by atoms with E-state index in [2.05, 4.69) is 36.2 Å². The summed E-state index contributed by atoms with van der Waals surface area (Å²) < 4.78 is 66.3. The third-order valence-electron chi connectivity index (χ3n) is 7.17. The number of hydrogen-bond donors (Lipinski definition) is 1. The van der Waals surface area contributed by atoms with Crippen LogP contribution in [0.25, 0.3) is 22.2 Å². The SMILES string of the molecule is CC(OCCS(=O)(=O)c1ccccc1)c1nc(-c2cc3c(Nc4ccc(OCc5cccc(F)c5)c(Br)c4)ncnc3cc2F)cs1. The number of nitrogens with one attached hydrogen (secondary N) is 1. The smallest absolute Gasteiger partial charge is 0.180 e. The summed E-state index contributed by atoms with van der Waals surface area (Å²) in [4.78, 5) is 13.5. The molecular weight excluding hydrogens is 710 g/mol. The second-order valence-corrected chi connectivity index (χ2v) is 14.3. The van der Waals surface area contributed by atoms with Crippen molar-refractivity contribution in [3.05, 3.63) is 123 Å². The molecule has 240 valence electrons. The van der Waals surface area contributed by atoms with Crippen molar-refractivity contribution in [2.75, 3.05) is 17.7 Å². The van der Waals surface area contributed by atoms with Gasteiger partial charge in [-0.3, -0.25) is 0 Å². The molecule has 0 aliphatic carbocycles. The Morgan fingerprint density at radius 1 is 0.979 bits per heavy atom. The number of hydrogen-bond acceptors (Lipinski definition) is 9. The molecule has 0 amide bonds. The Morgan fingerprint density at radius 2 is 1.81 bits per heavy atom. The maximum Gasteiger partial charge on any atom is 0.180 e. The summed E-state index contributed by atoms with van der Waals surface area (Å²) in [5.74, 6) is 0.0448. The summed E-state index contributed by atoms with van der Waals surface area (Å²) in [6, 6.07) is 22.8. The molecule has 0 bridgehead atoms. The van der Waals surface area contributed by atoms with Crippen LogP contribution in [0.15, 0.2) is 106 Å². The van der Waals surface area contributed by atoms with Crippen molar-refractivity contribution in [3.63, 3.8) is 0 Å². The van der Waals surface area contributed by atoms with E-state index in [1.807, 2.05) is 12.1 Å². The Kier molecular flexibility index (Phi) is 9.87. The van der Waals surface area contributed by atoms with E-state index >= 15 is 4.39 Å². The van der Waals surface area contributed by atoms with Crippen LogP contribution < -0.4 is 10.1 Å². The number of ether oxygens (including phenoxy) is 2. The standard InChI is InChI=1S/C34H27BrF2N4O4S2/c1-21(44-12-13-47(42,43)25-8-3-2-4-9-25)34-41-31(19-46-34)26-16-27-30(17-29(26)37)38-20-39-33(27)40-24-10-11-32(28(35)15-24)45-18-22-6-5-7-23(36)14-22/h2-11,14-17,19-21H,12-13,18H2,1H3,(H,38,39,40). The first-order chi connectivity index (χ1) is 22.7. The molecule has 1 N–H and O–H groups in total. The molecule has 8 nitrogen and oxygen atoms in total. The van der Waals surface area contributed by atoms with Gasteiger partial charge < -0.3 is 14.8 Å². The van der Waals surface area contributed by atoms with Gasteiger partial charge in [0.2, 0.25) is 0 Å². The Hall–Kier alpha value is -4.30. The Labute approximate surface area is 282 Å². The normalized spacial score (nSPS) is 12.3. The highest BCUT2D eigenvalue weighted by Crippen LogP contribution is 2.35. The van der Waals surface area contributed by atoms with Gasteiger partial charge in [0.1, 0.15) is 47.2 Å². The zero-order valence-corrected chi connectivity index (χ0v) is 28.1. The van der Waals surface area contributed by atoms with Crippen LogP contribution in [-0.2, 0) is 21.2 Å². The lowest BCUT2D eigenvalue weighted by Gasteiger charge is -2.13. The average Bonchev–Trinajstić information content (AvgIpc) is 3.55. The number of sulfone groups is 1. The Balaban J connectivity index is 1.16. The first kappa shape index (κ1) is 32.6. The number of fused-ring (bicyclic) bond motifs is 1. The third-order valence-corrected chi connectivity index (χ3v) is 10.5. The maximum atomic E-state index is 15.3. The van der Waals surface area contributed by atoms with Crippen LogP contribution in [0.4, 0.5) is 20.3 Å². The van der Waals surface area contributed by atoms with Crippen molar-refractivity contribution in [2.24, 2.45) is 0 Å². The molecule has 0 aliphatic rings. The molecule has 2 heterocycles. The van der Waals surface area contributed by atoms with Gasteiger partial charge in [0.15, 0.2) is 9.84 Å². The fourth-order valence-corrected chi connectivity index (χ4v) is 7.18. The lowest BCUT2D eigenvalue weighted by atomic mass is 10.1. The minimum Gasteiger partial charge on any atom is -0.488 e. The lowest BCUT2D eigenvalue weighted by molar-refractivity contribution is 0.0775. The number of aromatic nitrogens is 3. The van der Waals surface area contributed by atoms with E-state index in [1.54, 1.807) is 66.9 Å². The Bertz CT molecular complexity index is 2150. The van der Waals surface area contributed by atoms with Crippen molar-refractivity contribution < 1.29 is 26.7 Å². The van der Waals surface area contributed by atoms with Gasteiger partial charge >= 0.3 is 0 Å². The van der Waals surface area contributed by atoms with Crippen molar-refractivity contribution >= 4 is 59.5 Å². The largest absolute Gasteiger partial charge is 0.488 e. The summed E-state index contributed by atoms with van der Waals surface area (Å²) >= 11 is 4.83. The molecule has 47 heavy (non-hydrogen) atoms. The minimum absolute atomic E-state index is 0.0137.